The average Bonchev–Trinajstić information content (AvgIpc) is 2.47. The summed E-state index contributed by atoms with van der Waals surface area (Å²) in [5, 5.41) is 0. The smallest absolute Gasteiger partial charge is 0.398 e. The summed E-state index contributed by atoms with van der Waals surface area (Å²) in [5.41, 5.74) is 6.15. The molecule has 0 aliphatic carbocycles. The fraction of sp³-hybridized carbons (Fsp3) is 0.615. The van der Waals surface area contributed by atoms with E-state index in [4.69, 9.17) is 15.0 Å². The summed E-state index contributed by atoms with van der Waals surface area (Å²) in [6, 6.07) is 3.12. The van der Waals surface area contributed by atoms with Crippen molar-refractivity contribution in [2.24, 2.45) is 5.73 Å². The summed E-state index contributed by atoms with van der Waals surface area (Å²) in [7, 11) is -0.573. The number of hydrogen-bond donors (Lipinski definition) is 2. The third kappa shape index (κ3) is 2.61. The second-order valence-electron chi connectivity index (χ2n) is 6.11. The number of H-pyrrole nitrogens is 1. The molecule has 0 radical (unpaired) electrons. The molecular formula is C13H21BN2O3. The van der Waals surface area contributed by atoms with E-state index in [9.17, 15) is 4.79 Å². The van der Waals surface area contributed by atoms with Gasteiger partial charge < -0.3 is 20.0 Å². The zero-order chi connectivity index (χ0) is 14.4. The van der Waals surface area contributed by atoms with Crippen LogP contribution in [0.15, 0.2) is 16.9 Å². The van der Waals surface area contributed by atoms with Gasteiger partial charge in [0.15, 0.2) is 0 Å². The van der Waals surface area contributed by atoms with Crippen LogP contribution in [0.3, 0.4) is 0 Å². The molecule has 1 fully saturated rings. The molecule has 0 amide bonds. The maximum atomic E-state index is 11.7. The highest BCUT2D eigenvalue weighted by Crippen LogP contribution is 2.36. The summed E-state index contributed by atoms with van der Waals surface area (Å²) in [6.45, 7) is 9.73. The molecule has 2 rings (SSSR count). The van der Waals surface area contributed by atoms with Crippen molar-refractivity contribution >= 4 is 12.7 Å². The van der Waals surface area contributed by atoms with E-state index in [-0.39, 0.29) is 11.6 Å². The predicted octanol–water partition coefficient (Wildman–Crippen LogP) is 0.694. The number of aromatic nitrogens is 1. The van der Waals surface area contributed by atoms with Crippen molar-refractivity contribution in [2.75, 3.05) is 0 Å². The van der Waals surface area contributed by atoms with E-state index in [1.807, 2.05) is 40.7 Å². The SMILES string of the molecule is CC(N)c1cc(B2OC(C)(C)C(C)(C)O2)[nH]c(=O)c1. The van der Waals surface area contributed by atoms with Gasteiger partial charge in [-0.3, -0.25) is 4.79 Å². The molecule has 1 atom stereocenters. The summed E-state index contributed by atoms with van der Waals surface area (Å²) in [4.78, 5) is 14.4. The Labute approximate surface area is 113 Å². The molecule has 2 heterocycles. The lowest BCUT2D eigenvalue weighted by Gasteiger charge is -2.32. The van der Waals surface area contributed by atoms with Gasteiger partial charge in [0, 0.05) is 17.7 Å². The zero-order valence-corrected chi connectivity index (χ0v) is 12.1. The van der Waals surface area contributed by atoms with Crippen molar-refractivity contribution in [3.8, 4) is 0 Å². The summed E-state index contributed by atoms with van der Waals surface area (Å²) in [6.07, 6.45) is 0. The maximum Gasteiger partial charge on any atom is 0.512 e. The standard InChI is InChI=1S/C13H21BN2O3/c1-8(15)9-6-10(16-11(17)7-9)14-18-12(2,3)13(4,5)19-14/h6-8H,15H2,1-5H3,(H,16,17). The molecule has 0 saturated carbocycles. The number of pyridine rings is 1. The largest absolute Gasteiger partial charge is 0.512 e. The van der Waals surface area contributed by atoms with Crippen LogP contribution in [0.2, 0.25) is 0 Å². The van der Waals surface area contributed by atoms with Gasteiger partial charge in [0.1, 0.15) is 0 Å². The van der Waals surface area contributed by atoms with Crippen LogP contribution in [0, 0.1) is 0 Å². The van der Waals surface area contributed by atoms with Crippen LogP contribution >= 0.6 is 0 Å². The van der Waals surface area contributed by atoms with Crippen LogP contribution in [0.5, 0.6) is 0 Å². The van der Waals surface area contributed by atoms with Crippen molar-refractivity contribution in [3.63, 3.8) is 0 Å². The molecule has 0 aromatic carbocycles. The Kier molecular flexibility index (Phi) is 3.37. The Morgan fingerprint density at radius 1 is 1.21 bits per heavy atom. The van der Waals surface area contributed by atoms with Crippen molar-refractivity contribution in [1.29, 1.82) is 0 Å². The highest BCUT2D eigenvalue weighted by atomic mass is 16.7. The van der Waals surface area contributed by atoms with Gasteiger partial charge in [-0.15, -0.1) is 0 Å². The molecule has 0 spiro atoms. The quantitative estimate of drug-likeness (QED) is 0.770. The minimum absolute atomic E-state index is 0.195. The fourth-order valence-corrected chi connectivity index (χ4v) is 1.95. The minimum Gasteiger partial charge on any atom is -0.398 e. The topological polar surface area (TPSA) is 77.3 Å². The van der Waals surface area contributed by atoms with Gasteiger partial charge in [-0.05, 0) is 46.2 Å². The fourth-order valence-electron chi connectivity index (χ4n) is 1.95. The monoisotopic (exact) mass is 264 g/mol. The highest BCUT2D eigenvalue weighted by Gasteiger charge is 2.52. The molecule has 1 unspecified atom stereocenters. The van der Waals surface area contributed by atoms with Crippen molar-refractivity contribution in [1.82, 2.24) is 4.98 Å². The van der Waals surface area contributed by atoms with Gasteiger partial charge in [0.2, 0.25) is 5.56 Å². The maximum absolute atomic E-state index is 11.7. The molecule has 104 valence electrons. The lowest BCUT2D eigenvalue weighted by atomic mass is 9.83. The van der Waals surface area contributed by atoms with Gasteiger partial charge in [-0.1, -0.05) is 0 Å². The van der Waals surface area contributed by atoms with Crippen molar-refractivity contribution in [3.05, 3.63) is 28.0 Å². The number of aromatic amines is 1. The Morgan fingerprint density at radius 3 is 2.21 bits per heavy atom. The lowest BCUT2D eigenvalue weighted by molar-refractivity contribution is 0.00578. The van der Waals surface area contributed by atoms with Gasteiger partial charge in [-0.2, -0.15) is 0 Å². The van der Waals surface area contributed by atoms with Crippen LogP contribution in [0.25, 0.3) is 0 Å². The van der Waals surface area contributed by atoms with Gasteiger partial charge >= 0.3 is 7.12 Å². The van der Waals surface area contributed by atoms with Crippen LogP contribution in [0.4, 0.5) is 0 Å². The second-order valence-corrected chi connectivity index (χ2v) is 6.11. The Morgan fingerprint density at radius 2 is 1.74 bits per heavy atom. The molecule has 1 aliphatic rings. The zero-order valence-electron chi connectivity index (χ0n) is 12.1. The number of hydrogen-bond acceptors (Lipinski definition) is 4. The highest BCUT2D eigenvalue weighted by molar-refractivity contribution is 6.61. The van der Waals surface area contributed by atoms with E-state index in [2.05, 4.69) is 4.98 Å². The van der Waals surface area contributed by atoms with Crippen LogP contribution in [-0.2, 0) is 9.31 Å². The van der Waals surface area contributed by atoms with Crippen molar-refractivity contribution in [2.45, 2.75) is 51.9 Å². The molecule has 6 heteroatoms. The molecule has 1 aromatic rings. The molecule has 5 nitrogen and oxygen atoms in total. The molecule has 1 aliphatic heterocycles. The van der Waals surface area contributed by atoms with E-state index in [0.717, 1.165) is 5.56 Å². The molecule has 19 heavy (non-hydrogen) atoms. The van der Waals surface area contributed by atoms with Crippen LogP contribution in [-0.4, -0.2) is 23.3 Å². The van der Waals surface area contributed by atoms with Crippen LogP contribution < -0.4 is 16.9 Å². The number of nitrogens with two attached hydrogens (primary N) is 1. The normalized spacial score (nSPS) is 22.5. The van der Waals surface area contributed by atoms with Gasteiger partial charge in [-0.25, -0.2) is 0 Å². The molecule has 1 saturated heterocycles. The second kappa shape index (κ2) is 4.47. The Balaban J connectivity index is 2.37. The van der Waals surface area contributed by atoms with Gasteiger partial charge in [0.25, 0.3) is 0 Å². The first-order valence-electron chi connectivity index (χ1n) is 6.48. The average molecular weight is 264 g/mol. The molecule has 1 aromatic heterocycles. The minimum atomic E-state index is -0.573. The Bertz CT molecular complexity index is 521. The van der Waals surface area contributed by atoms with E-state index >= 15 is 0 Å². The number of rotatable bonds is 2. The first-order valence-corrected chi connectivity index (χ1v) is 6.48. The van der Waals surface area contributed by atoms with Gasteiger partial charge in [0.05, 0.1) is 11.2 Å². The Hall–Kier alpha value is -1.11. The summed E-state index contributed by atoms with van der Waals surface area (Å²) < 4.78 is 11.8. The predicted molar refractivity (Wildman–Crippen MR) is 75.4 cm³/mol. The molecule has 3 N–H and O–H groups in total. The third-order valence-corrected chi connectivity index (χ3v) is 3.92. The molecular weight excluding hydrogens is 243 g/mol. The van der Waals surface area contributed by atoms with E-state index < -0.39 is 18.3 Å². The van der Waals surface area contributed by atoms with Crippen molar-refractivity contribution < 1.29 is 9.31 Å². The van der Waals surface area contributed by atoms with E-state index in [1.54, 1.807) is 0 Å². The van der Waals surface area contributed by atoms with Crippen LogP contribution in [0.1, 0.15) is 46.2 Å². The first-order chi connectivity index (χ1) is 8.62. The summed E-state index contributed by atoms with van der Waals surface area (Å²) in [5.74, 6) is 0. The number of nitrogens with one attached hydrogen (secondary N) is 1. The summed E-state index contributed by atoms with van der Waals surface area (Å²) >= 11 is 0. The van der Waals surface area contributed by atoms with E-state index in [0.29, 0.717) is 5.59 Å². The first kappa shape index (κ1) is 14.3. The van der Waals surface area contributed by atoms with E-state index in [1.165, 1.54) is 6.07 Å². The third-order valence-electron chi connectivity index (χ3n) is 3.92. The molecule has 0 bridgehead atoms. The lowest BCUT2D eigenvalue weighted by Crippen LogP contribution is -2.41.